The van der Waals surface area contributed by atoms with Gasteiger partial charge >= 0.3 is 0 Å². The van der Waals surface area contributed by atoms with Gasteiger partial charge < -0.3 is 0 Å². The van der Waals surface area contributed by atoms with Gasteiger partial charge in [0.2, 0.25) is 0 Å². The van der Waals surface area contributed by atoms with E-state index in [1.165, 1.54) is 16.7 Å². The van der Waals surface area contributed by atoms with Crippen LogP contribution in [0, 0.1) is 5.92 Å². The maximum absolute atomic E-state index is 2.46. The second kappa shape index (κ2) is 6.53. The van der Waals surface area contributed by atoms with Gasteiger partial charge in [0.1, 0.15) is 0 Å². The van der Waals surface area contributed by atoms with Crippen LogP contribution in [-0.2, 0) is 32.6 Å². The molecule has 0 nitrogen and oxygen atoms in total. The number of allylic oxidation sites excluding steroid dienone is 1. The zero-order valence-electron chi connectivity index (χ0n) is 13.2. The Morgan fingerprint density at radius 3 is 1.95 bits per heavy atom. The Kier molecular flexibility index (Phi) is 5.81. The van der Waals surface area contributed by atoms with Crippen LogP contribution in [0.15, 0.2) is 17.7 Å². The van der Waals surface area contributed by atoms with Crippen LogP contribution < -0.4 is 0 Å². The predicted octanol–water partition coefficient (Wildman–Crippen LogP) is 5.53. The quantitative estimate of drug-likeness (QED) is 0.682. The van der Waals surface area contributed by atoms with Crippen LogP contribution in [0.3, 0.4) is 0 Å². The van der Waals surface area contributed by atoms with E-state index in [1.807, 2.05) is 0 Å². The number of fused-ring (bicyclic) bond motifs is 1. The second-order valence-electron chi connectivity index (χ2n) is 6.50. The summed E-state index contributed by atoms with van der Waals surface area (Å²) in [6.45, 7) is 13.9. The van der Waals surface area contributed by atoms with Crippen LogP contribution in [0.2, 0.25) is 0 Å². The molecular formula is C18H26Zr. The predicted molar refractivity (Wildman–Crippen MR) is 81.1 cm³/mol. The minimum Gasteiger partial charge on any atom is -0.0626 e. The van der Waals surface area contributed by atoms with Crippen molar-refractivity contribution >= 4 is 6.08 Å². The summed E-state index contributed by atoms with van der Waals surface area (Å²) >= 11 is 0. The van der Waals surface area contributed by atoms with Crippen molar-refractivity contribution in [1.82, 2.24) is 0 Å². The number of rotatable bonds is 3. The number of hydrogen-bond donors (Lipinski definition) is 0. The standard InChI is InChI=1S/C18H26.Zr/c1-11(2)15-9-14-7-8-16(12(3)4)18(13(5)6)17(14)10-15;/h7-8,10-13H,9H2,1-6H3;. The maximum atomic E-state index is 2.46. The summed E-state index contributed by atoms with van der Waals surface area (Å²) in [5.74, 6) is 1.89. The average molecular weight is 334 g/mol. The summed E-state index contributed by atoms with van der Waals surface area (Å²) in [6.07, 6.45) is 3.62. The van der Waals surface area contributed by atoms with Crippen LogP contribution in [0.25, 0.3) is 6.08 Å². The van der Waals surface area contributed by atoms with Crippen molar-refractivity contribution in [2.45, 2.75) is 59.8 Å². The summed E-state index contributed by atoms with van der Waals surface area (Å²) in [7, 11) is 0. The summed E-state index contributed by atoms with van der Waals surface area (Å²) < 4.78 is 0. The van der Waals surface area contributed by atoms with Gasteiger partial charge in [-0.1, -0.05) is 65.3 Å². The van der Waals surface area contributed by atoms with Crippen molar-refractivity contribution in [2.75, 3.05) is 0 Å². The van der Waals surface area contributed by atoms with E-state index < -0.39 is 0 Å². The SMILES string of the molecule is CC(C)C1=Cc2c(ccc(C(C)C)c2C(C)C)C1.[Zr]. The zero-order valence-corrected chi connectivity index (χ0v) is 15.6. The van der Waals surface area contributed by atoms with Crippen molar-refractivity contribution in [3.63, 3.8) is 0 Å². The molecule has 0 bridgehead atoms. The monoisotopic (exact) mass is 332 g/mol. The maximum Gasteiger partial charge on any atom is 0 e. The van der Waals surface area contributed by atoms with Gasteiger partial charge in [-0.3, -0.25) is 0 Å². The first-order valence-corrected chi connectivity index (χ1v) is 7.28. The molecule has 19 heavy (non-hydrogen) atoms. The molecule has 0 aromatic heterocycles. The molecule has 1 aromatic rings. The number of benzene rings is 1. The van der Waals surface area contributed by atoms with Crippen LogP contribution in [0.4, 0.5) is 0 Å². The van der Waals surface area contributed by atoms with E-state index in [0.717, 1.165) is 6.42 Å². The topological polar surface area (TPSA) is 0 Å². The molecule has 0 aliphatic heterocycles. The Morgan fingerprint density at radius 1 is 0.842 bits per heavy atom. The molecule has 1 aliphatic carbocycles. The van der Waals surface area contributed by atoms with Crippen molar-refractivity contribution in [3.8, 4) is 0 Å². The third-order valence-corrected chi connectivity index (χ3v) is 4.08. The van der Waals surface area contributed by atoms with E-state index >= 15 is 0 Å². The van der Waals surface area contributed by atoms with Gasteiger partial charge in [-0.2, -0.15) is 0 Å². The molecule has 102 valence electrons. The first-order chi connectivity index (χ1) is 8.41. The minimum atomic E-state index is 0. The van der Waals surface area contributed by atoms with Crippen LogP contribution in [-0.4, -0.2) is 0 Å². The molecule has 0 saturated heterocycles. The van der Waals surface area contributed by atoms with Crippen molar-refractivity contribution in [2.24, 2.45) is 5.92 Å². The summed E-state index contributed by atoms with van der Waals surface area (Å²) in [6, 6.07) is 4.71. The Morgan fingerprint density at radius 2 is 1.47 bits per heavy atom. The molecule has 0 radical (unpaired) electrons. The molecule has 0 heterocycles. The Labute approximate surface area is 137 Å². The van der Waals surface area contributed by atoms with Gasteiger partial charge in [-0.05, 0) is 46.4 Å². The van der Waals surface area contributed by atoms with Gasteiger partial charge in [0, 0.05) is 26.2 Å². The molecule has 0 spiro atoms. The molecule has 0 fully saturated rings. The van der Waals surface area contributed by atoms with E-state index in [-0.39, 0.29) is 26.2 Å². The normalized spacial score (nSPS) is 13.8. The molecule has 0 N–H and O–H groups in total. The summed E-state index contributed by atoms with van der Waals surface area (Å²) in [5.41, 5.74) is 7.77. The van der Waals surface area contributed by atoms with E-state index in [2.05, 4.69) is 59.8 Å². The molecule has 1 heteroatoms. The summed E-state index contributed by atoms with van der Waals surface area (Å²) in [5, 5.41) is 0. The van der Waals surface area contributed by atoms with E-state index in [1.54, 1.807) is 11.1 Å². The van der Waals surface area contributed by atoms with E-state index in [9.17, 15) is 0 Å². The van der Waals surface area contributed by atoms with Gasteiger partial charge in [-0.15, -0.1) is 0 Å². The smallest absolute Gasteiger partial charge is 0 e. The second-order valence-corrected chi connectivity index (χ2v) is 6.50. The first-order valence-electron chi connectivity index (χ1n) is 7.28. The molecule has 0 amide bonds. The van der Waals surface area contributed by atoms with Crippen molar-refractivity contribution in [3.05, 3.63) is 40.0 Å². The molecule has 1 aliphatic rings. The largest absolute Gasteiger partial charge is 0.0626 e. The molecule has 2 rings (SSSR count). The fourth-order valence-corrected chi connectivity index (χ4v) is 3.00. The third-order valence-electron chi connectivity index (χ3n) is 4.08. The van der Waals surface area contributed by atoms with Gasteiger partial charge in [0.05, 0.1) is 0 Å². The molecule has 0 unspecified atom stereocenters. The van der Waals surface area contributed by atoms with Gasteiger partial charge in [0.15, 0.2) is 0 Å². The molecule has 1 aromatic carbocycles. The van der Waals surface area contributed by atoms with Crippen LogP contribution in [0.1, 0.15) is 75.6 Å². The first kappa shape index (κ1) is 16.9. The summed E-state index contributed by atoms with van der Waals surface area (Å²) in [4.78, 5) is 0. The Balaban J connectivity index is 0.00000180. The average Bonchev–Trinajstić information content (AvgIpc) is 2.70. The van der Waals surface area contributed by atoms with Crippen molar-refractivity contribution in [1.29, 1.82) is 0 Å². The van der Waals surface area contributed by atoms with Gasteiger partial charge in [-0.25, -0.2) is 0 Å². The molecule has 0 atom stereocenters. The fourth-order valence-electron chi connectivity index (χ4n) is 3.00. The molecular weight excluding hydrogens is 307 g/mol. The Hall–Kier alpha value is -0.157. The molecule has 0 saturated carbocycles. The fraction of sp³-hybridized carbons (Fsp3) is 0.556. The van der Waals surface area contributed by atoms with E-state index in [4.69, 9.17) is 0 Å². The van der Waals surface area contributed by atoms with Gasteiger partial charge in [0.25, 0.3) is 0 Å². The van der Waals surface area contributed by atoms with E-state index in [0.29, 0.717) is 17.8 Å². The number of hydrogen-bond acceptors (Lipinski definition) is 0. The minimum absolute atomic E-state index is 0. The Bertz CT molecular complexity index is 479. The third kappa shape index (κ3) is 3.30. The zero-order chi connectivity index (χ0) is 13.4. The van der Waals surface area contributed by atoms with Crippen molar-refractivity contribution < 1.29 is 26.2 Å². The van der Waals surface area contributed by atoms with Crippen LogP contribution >= 0.6 is 0 Å². The van der Waals surface area contributed by atoms with Crippen LogP contribution in [0.5, 0.6) is 0 Å².